The minimum atomic E-state index is -4.89. The standard InChI is InChI=1S/C9H4F5IN2/c10-8(11)7-4(9(12,13)14)3-6(15)17-5(7)1-2-16/h3,8H,1H2. The van der Waals surface area contributed by atoms with Crippen LogP contribution in [0.1, 0.15) is 23.2 Å². The lowest BCUT2D eigenvalue weighted by Gasteiger charge is -2.15. The van der Waals surface area contributed by atoms with E-state index in [0.717, 1.165) is 0 Å². The number of halogens is 6. The Balaban J connectivity index is 3.53. The average molecular weight is 362 g/mol. The molecule has 1 rings (SSSR count). The maximum atomic E-state index is 12.6. The summed E-state index contributed by atoms with van der Waals surface area (Å²) in [5.74, 6) is 0. The van der Waals surface area contributed by atoms with Crippen LogP contribution in [0.3, 0.4) is 0 Å². The first-order valence-corrected chi connectivity index (χ1v) is 5.27. The third-order valence-corrected chi connectivity index (χ3v) is 2.43. The fourth-order valence-corrected chi connectivity index (χ4v) is 1.86. The lowest BCUT2D eigenvalue weighted by Crippen LogP contribution is -2.14. The summed E-state index contributed by atoms with van der Waals surface area (Å²) in [4.78, 5) is 3.54. The van der Waals surface area contributed by atoms with Crippen molar-refractivity contribution < 1.29 is 22.0 Å². The molecule has 0 bridgehead atoms. The van der Waals surface area contributed by atoms with Crippen LogP contribution in [0.15, 0.2) is 6.07 Å². The molecule has 0 fully saturated rings. The summed E-state index contributed by atoms with van der Waals surface area (Å²) in [6.07, 6.45) is -8.79. The molecule has 0 aliphatic rings. The maximum absolute atomic E-state index is 12.6. The summed E-state index contributed by atoms with van der Waals surface area (Å²) in [7, 11) is 0. The molecule has 0 N–H and O–H groups in total. The van der Waals surface area contributed by atoms with Gasteiger partial charge in [-0.2, -0.15) is 18.4 Å². The largest absolute Gasteiger partial charge is 0.417 e. The molecule has 0 aliphatic heterocycles. The number of alkyl halides is 5. The van der Waals surface area contributed by atoms with Crippen LogP contribution in [-0.4, -0.2) is 4.98 Å². The zero-order chi connectivity index (χ0) is 13.2. The van der Waals surface area contributed by atoms with E-state index in [1.54, 1.807) is 0 Å². The Morgan fingerprint density at radius 3 is 2.41 bits per heavy atom. The molecule has 1 aromatic rings. The number of nitrogens with zero attached hydrogens (tertiary/aromatic N) is 2. The summed E-state index contributed by atoms with van der Waals surface area (Å²) >= 11 is 1.49. The van der Waals surface area contributed by atoms with E-state index in [2.05, 4.69) is 4.98 Å². The van der Waals surface area contributed by atoms with Gasteiger partial charge in [0.05, 0.1) is 29.3 Å². The lowest BCUT2D eigenvalue weighted by atomic mass is 10.0. The van der Waals surface area contributed by atoms with E-state index < -0.39 is 35.8 Å². The molecule has 8 heteroatoms. The molecule has 0 atom stereocenters. The molecular formula is C9H4F5IN2. The van der Waals surface area contributed by atoms with E-state index in [9.17, 15) is 22.0 Å². The van der Waals surface area contributed by atoms with Gasteiger partial charge in [-0.3, -0.25) is 0 Å². The SMILES string of the molecule is N#CCc1nc(I)cc(C(F)(F)F)c1C(F)F. The van der Waals surface area contributed by atoms with Gasteiger partial charge in [-0.1, -0.05) is 0 Å². The van der Waals surface area contributed by atoms with E-state index >= 15 is 0 Å². The van der Waals surface area contributed by atoms with Crippen molar-refractivity contribution in [3.63, 3.8) is 0 Å². The van der Waals surface area contributed by atoms with Gasteiger partial charge in [0.15, 0.2) is 0 Å². The van der Waals surface area contributed by atoms with Crippen LogP contribution >= 0.6 is 22.6 Å². The topological polar surface area (TPSA) is 36.7 Å². The van der Waals surface area contributed by atoms with Crippen LogP contribution in [0.2, 0.25) is 0 Å². The Morgan fingerprint density at radius 2 is 2.00 bits per heavy atom. The summed E-state index contributed by atoms with van der Waals surface area (Å²) in [5.41, 5.74) is -3.17. The first-order chi connectivity index (χ1) is 7.77. The Bertz CT molecular complexity index is 464. The minimum absolute atomic E-state index is 0.0791. The highest BCUT2D eigenvalue weighted by Crippen LogP contribution is 2.38. The summed E-state index contributed by atoms with van der Waals surface area (Å²) in [6, 6.07) is 2.06. The molecule has 2 nitrogen and oxygen atoms in total. The lowest BCUT2D eigenvalue weighted by molar-refractivity contribution is -0.139. The maximum Gasteiger partial charge on any atom is 0.417 e. The molecule has 0 radical (unpaired) electrons. The molecule has 0 unspecified atom stereocenters. The van der Waals surface area contributed by atoms with Gasteiger partial charge in [0.2, 0.25) is 0 Å². The van der Waals surface area contributed by atoms with Crippen molar-refractivity contribution in [2.75, 3.05) is 0 Å². The molecular weight excluding hydrogens is 358 g/mol. The predicted octanol–water partition coefficient (Wildman–Crippen LogP) is 3.71. The van der Waals surface area contributed by atoms with Crippen LogP contribution in [-0.2, 0) is 12.6 Å². The van der Waals surface area contributed by atoms with E-state index in [1.807, 2.05) is 0 Å². The Kier molecular flexibility index (Phi) is 4.24. The number of nitriles is 1. The third kappa shape index (κ3) is 3.24. The molecule has 0 aromatic carbocycles. The smallest absolute Gasteiger partial charge is 0.245 e. The molecule has 1 aromatic heterocycles. The van der Waals surface area contributed by atoms with Crippen LogP contribution in [0, 0.1) is 15.0 Å². The zero-order valence-electron chi connectivity index (χ0n) is 8.02. The highest BCUT2D eigenvalue weighted by atomic mass is 127. The molecule has 1 heterocycles. The quantitative estimate of drug-likeness (QED) is 0.457. The van der Waals surface area contributed by atoms with Crippen molar-refractivity contribution >= 4 is 22.6 Å². The van der Waals surface area contributed by atoms with E-state index in [1.165, 1.54) is 28.7 Å². The number of aromatic nitrogens is 1. The predicted molar refractivity (Wildman–Crippen MR) is 56.2 cm³/mol. The second-order valence-electron chi connectivity index (χ2n) is 2.99. The van der Waals surface area contributed by atoms with E-state index in [0.29, 0.717) is 6.07 Å². The normalized spacial score (nSPS) is 11.6. The number of rotatable bonds is 2. The second-order valence-corrected chi connectivity index (χ2v) is 4.09. The Hall–Kier alpha value is -0.980. The van der Waals surface area contributed by atoms with Gasteiger partial charge in [-0.25, -0.2) is 13.8 Å². The summed E-state index contributed by atoms with van der Waals surface area (Å²) in [6.45, 7) is 0. The Labute approximate surface area is 107 Å². The number of hydrogen-bond acceptors (Lipinski definition) is 2. The van der Waals surface area contributed by atoms with Crippen molar-refractivity contribution in [3.05, 3.63) is 26.6 Å². The fourth-order valence-electron chi connectivity index (χ4n) is 1.26. The average Bonchev–Trinajstić information content (AvgIpc) is 2.15. The van der Waals surface area contributed by atoms with Gasteiger partial charge in [0, 0.05) is 0 Å². The van der Waals surface area contributed by atoms with Crippen molar-refractivity contribution in [1.29, 1.82) is 5.26 Å². The highest BCUT2D eigenvalue weighted by molar-refractivity contribution is 14.1. The first kappa shape index (κ1) is 14.1. The van der Waals surface area contributed by atoms with Crippen LogP contribution in [0.5, 0.6) is 0 Å². The van der Waals surface area contributed by atoms with Crippen molar-refractivity contribution in [2.24, 2.45) is 0 Å². The third-order valence-electron chi connectivity index (χ3n) is 1.88. The number of hydrogen-bond donors (Lipinski definition) is 0. The van der Waals surface area contributed by atoms with Gasteiger partial charge in [-0.05, 0) is 28.7 Å². The molecule has 0 saturated heterocycles. The second kappa shape index (κ2) is 5.12. The zero-order valence-corrected chi connectivity index (χ0v) is 10.2. The summed E-state index contributed by atoms with van der Waals surface area (Å²) in [5, 5.41) is 8.39. The molecule has 0 saturated carbocycles. The fraction of sp³-hybridized carbons (Fsp3) is 0.333. The van der Waals surface area contributed by atoms with Gasteiger partial charge in [0.1, 0.15) is 3.70 Å². The molecule has 92 valence electrons. The molecule has 17 heavy (non-hydrogen) atoms. The Morgan fingerprint density at radius 1 is 1.41 bits per heavy atom. The monoisotopic (exact) mass is 362 g/mol. The van der Waals surface area contributed by atoms with Crippen molar-refractivity contribution in [1.82, 2.24) is 4.98 Å². The van der Waals surface area contributed by atoms with Gasteiger partial charge in [0.25, 0.3) is 6.43 Å². The molecule has 0 spiro atoms. The first-order valence-electron chi connectivity index (χ1n) is 4.19. The van der Waals surface area contributed by atoms with Gasteiger partial charge >= 0.3 is 6.18 Å². The van der Waals surface area contributed by atoms with Crippen molar-refractivity contribution in [3.8, 4) is 6.07 Å². The van der Waals surface area contributed by atoms with Gasteiger partial charge < -0.3 is 0 Å². The van der Waals surface area contributed by atoms with Crippen LogP contribution < -0.4 is 0 Å². The van der Waals surface area contributed by atoms with Gasteiger partial charge in [-0.15, -0.1) is 0 Å². The number of pyridine rings is 1. The van der Waals surface area contributed by atoms with E-state index in [4.69, 9.17) is 5.26 Å². The minimum Gasteiger partial charge on any atom is -0.245 e. The summed E-state index contributed by atoms with van der Waals surface area (Å²) < 4.78 is 62.8. The molecule has 0 amide bonds. The van der Waals surface area contributed by atoms with Crippen LogP contribution in [0.25, 0.3) is 0 Å². The molecule has 0 aliphatic carbocycles. The van der Waals surface area contributed by atoms with E-state index in [-0.39, 0.29) is 3.70 Å². The van der Waals surface area contributed by atoms with Crippen molar-refractivity contribution in [2.45, 2.75) is 19.0 Å². The highest BCUT2D eigenvalue weighted by Gasteiger charge is 2.38. The van der Waals surface area contributed by atoms with Crippen LogP contribution in [0.4, 0.5) is 22.0 Å².